The first kappa shape index (κ1) is 16.6. The lowest BCUT2D eigenvalue weighted by Gasteiger charge is -2.31. The third-order valence-corrected chi connectivity index (χ3v) is 4.97. The van der Waals surface area contributed by atoms with E-state index in [9.17, 15) is 23.6 Å². The van der Waals surface area contributed by atoms with Gasteiger partial charge in [0.05, 0.1) is 16.8 Å². The van der Waals surface area contributed by atoms with E-state index in [0.29, 0.717) is 26.2 Å². The van der Waals surface area contributed by atoms with Gasteiger partial charge >= 0.3 is 0 Å². The van der Waals surface area contributed by atoms with Crippen LogP contribution in [-0.2, 0) is 9.59 Å². The van der Waals surface area contributed by atoms with Crippen molar-refractivity contribution in [3.8, 4) is 0 Å². The van der Waals surface area contributed by atoms with Crippen molar-refractivity contribution in [3.63, 3.8) is 0 Å². The van der Waals surface area contributed by atoms with Crippen molar-refractivity contribution in [3.05, 3.63) is 29.1 Å². The van der Waals surface area contributed by atoms with Crippen LogP contribution < -0.4 is 15.5 Å². The Labute approximate surface area is 148 Å². The van der Waals surface area contributed by atoms with Crippen molar-refractivity contribution in [1.29, 1.82) is 0 Å². The number of carbonyl (C=O) groups is 4. The average Bonchev–Trinajstić information content (AvgIpc) is 2.87. The van der Waals surface area contributed by atoms with Crippen molar-refractivity contribution >= 4 is 29.3 Å². The summed E-state index contributed by atoms with van der Waals surface area (Å²) in [6, 6.07) is 1.40. The van der Waals surface area contributed by atoms with Gasteiger partial charge in [-0.3, -0.25) is 29.4 Å². The van der Waals surface area contributed by atoms with Gasteiger partial charge in [0, 0.05) is 32.6 Å². The molecule has 3 aliphatic heterocycles. The molecule has 4 rings (SSSR count). The van der Waals surface area contributed by atoms with E-state index in [2.05, 4.69) is 10.6 Å². The van der Waals surface area contributed by atoms with E-state index < -0.39 is 35.5 Å². The summed E-state index contributed by atoms with van der Waals surface area (Å²) in [5, 5.41) is 5.30. The maximum atomic E-state index is 14.6. The zero-order valence-corrected chi connectivity index (χ0v) is 13.9. The smallest absolute Gasteiger partial charge is 0.264 e. The Bertz CT molecular complexity index is 834. The van der Waals surface area contributed by atoms with Crippen LogP contribution in [0.5, 0.6) is 0 Å². The van der Waals surface area contributed by atoms with Gasteiger partial charge in [0.25, 0.3) is 11.8 Å². The molecular weight excluding hydrogens is 343 g/mol. The fraction of sp³-hybridized carbons (Fsp3) is 0.412. The molecule has 26 heavy (non-hydrogen) atoms. The van der Waals surface area contributed by atoms with E-state index in [-0.39, 0.29) is 29.7 Å². The largest absolute Gasteiger partial charge is 0.366 e. The molecule has 2 saturated heterocycles. The molecule has 0 bridgehead atoms. The summed E-state index contributed by atoms with van der Waals surface area (Å²) in [5.74, 6) is -3.00. The average molecular weight is 360 g/mol. The predicted octanol–water partition coefficient (Wildman–Crippen LogP) is -0.363. The number of nitrogens with zero attached hydrogens (tertiary/aromatic N) is 2. The zero-order valence-electron chi connectivity index (χ0n) is 13.9. The number of carbonyl (C=O) groups excluding carboxylic acids is 4. The Kier molecular flexibility index (Phi) is 3.95. The normalized spacial score (nSPS) is 23.3. The number of hydrogen-bond acceptors (Lipinski definition) is 6. The third kappa shape index (κ3) is 2.47. The highest BCUT2D eigenvalue weighted by Crippen LogP contribution is 2.36. The molecule has 1 aromatic rings. The molecule has 2 fully saturated rings. The van der Waals surface area contributed by atoms with Gasteiger partial charge in [-0.05, 0) is 18.6 Å². The molecule has 0 aromatic heterocycles. The monoisotopic (exact) mass is 360 g/mol. The number of piperazine rings is 1. The maximum Gasteiger partial charge on any atom is 0.264 e. The van der Waals surface area contributed by atoms with Crippen molar-refractivity contribution in [2.75, 3.05) is 31.1 Å². The Morgan fingerprint density at radius 3 is 2.46 bits per heavy atom. The number of fused-ring (bicyclic) bond motifs is 1. The summed E-state index contributed by atoms with van der Waals surface area (Å²) < 4.78 is 14.6. The molecule has 2 N–H and O–H groups in total. The Morgan fingerprint density at radius 2 is 1.77 bits per heavy atom. The molecule has 136 valence electrons. The number of benzene rings is 1. The van der Waals surface area contributed by atoms with Crippen LogP contribution in [0.2, 0.25) is 0 Å². The Morgan fingerprint density at radius 1 is 1.04 bits per heavy atom. The topological polar surface area (TPSA) is 98.8 Å². The summed E-state index contributed by atoms with van der Waals surface area (Å²) in [4.78, 5) is 51.8. The van der Waals surface area contributed by atoms with Gasteiger partial charge in [-0.1, -0.05) is 0 Å². The lowest BCUT2D eigenvalue weighted by Crippen LogP contribution is -2.54. The van der Waals surface area contributed by atoms with Gasteiger partial charge in [0.15, 0.2) is 0 Å². The minimum Gasteiger partial charge on any atom is -0.366 e. The van der Waals surface area contributed by atoms with Gasteiger partial charge in [0.2, 0.25) is 11.8 Å². The van der Waals surface area contributed by atoms with Gasteiger partial charge in [0.1, 0.15) is 11.9 Å². The maximum absolute atomic E-state index is 14.6. The van der Waals surface area contributed by atoms with Crippen LogP contribution in [0.4, 0.5) is 10.1 Å². The molecule has 9 heteroatoms. The summed E-state index contributed by atoms with van der Waals surface area (Å²) in [7, 11) is 0. The Hall–Kier alpha value is -2.81. The zero-order chi connectivity index (χ0) is 18.4. The second-order valence-electron chi connectivity index (χ2n) is 6.50. The summed E-state index contributed by atoms with van der Waals surface area (Å²) in [5.41, 5.74) is 0.202. The first-order chi connectivity index (χ1) is 12.5. The van der Waals surface area contributed by atoms with E-state index in [4.69, 9.17) is 0 Å². The summed E-state index contributed by atoms with van der Waals surface area (Å²) in [6.07, 6.45) is 0.115. The number of halogens is 1. The van der Waals surface area contributed by atoms with Crippen molar-refractivity contribution < 1.29 is 23.6 Å². The van der Waals surface area contributed by atoms with E-state index >= 15 is 0 Å². The molecule has 4 amide bonds. The Balaban J connectivity index is 1.74. The molecule has 0 spiro atoms. The van der Waals surface area contributed by atoms with E-state index in [1.54, 1.807) is 4.90 Å². The summed E-state index contributed by atoms with van der Waals surface area (Å²) in [6.45, 7) is 2.30. The predicted molar refractivity (Wildman–Crippen MR) is 88.2 cm³/mol. The molecule has 3 heterocycles. The minimum absolute atomic E-state index is 0.00148. The number of hydrogen-bond donors (Lipinski definition) is 2. The molecule has 1 atom stereocenters. The van der Waals surface area contributed by atoms with E-state index in [0.717, 1.165) is 4.90 Å². The number of rotatable bonds is 2. The van der Waals surface area contributed by atoms with Crippen LogP contribution in [0.15, 0.2) is 12.1 Å². The highest BCUT2D eigenvalue weighted by atomic mass is 19.1. The number of anilines is 1. The second-order valence-corrected chi connectivity index (χ2v) is 6.50. The molecule has 0 aliphatic carbocycles. The summed E-state index contributed by atoms with van der Waals surface area (Å²) >= 11 is 0. The van der Waals surface area contributed by atoms with Crippen molar-refractivity contribution in [2.45, 2.75) is 18.9 Å². The molecule has 0 saturated carbocycles. The van der Waals surface area contributed by atoms with Crippen LogP contribution in [0.25, 0.3) is 0 Å². The first-order valence-electron chi connectivity index (χ1n) is 8.49. The third-order valence-electron chi connectivity index (χ3n) is 4.97. The molecule has 1 aromatic carbocycles. The van der Waals surface area contributed by atoms with Gasteiger partial charge in [-0.25, -0.2) is 4.39 Å². The first-order valence-corrected chi connectivity index (χ1v) is 8.49. The number of nitrogens with one attached hydrogen (secondary N) is 2. The number of amides is 4. The highest BCUT2D eigenvalue weighted by molar-refractivity contribution is 6.25. The van der Waals surface area contributed by atoms with Crippen LogP contribution in [0.1, 0.15) is 33.6 Å². The second kappa shape index (κ2) is 6.17. The van der Waals surface area contributed by atoms with Crippen molar-refractivity contribution in [2.24, 2.45) is 0 Å². The van der Waals surface area contributed by atoms with Gasteiger partial charge < -0.3 is 10.2 Å². The molecule has 1 unspecified atom stereocenters. The quantitative estimate of drug-likeness (QED) is 0.699. The van der Waals surface area contributed by atoms with Crippen LogP contribution >= 0.6 is 0 Å². The van der Waals surface area contributed by atoms with E-state index in [1.165, 1.54) is 12.1 Å². The highest BCUT2D eigenvalue weighted by Gasteiger charge is 2.46. The molecular formula is C17H17FN4O4. The van der Waals surface area contributed by atoms with Gasteiger partial charge in [-0.2, -0.15) is 0 Å². The molecule has 3 aliphatic rings. The van der Waals surface area contributed by atoms with Crippen LogP contribution in [-0.4, -0.2) is 60.7 Å². The fourth-order valence-corrected chi connectivity index (χ4v) is 3.71. The fourth-order valence-electron chi connectivity index (χ4n) is 3.71. The minimum atomic E-state index is -1.06. The van der Waals surface area contributed by atoms with Gasteiger partial charge in [-0.15, -0.1) is 0 Å². The number of imide groups is 2. The molecule has 8 nitrogen and oxygen atoms in total. The SMILES string of the molecule is O=C1CCC(N2C(=O)c3ccc(F)c(N4CCNCC4)c3C2=O)C(=O)N1. The standard InChI is InChI=1S/C17H17FN4O4/c18-10-2-1-9-13(14(10)21-7-5-19-6-8-21)17(26)22(16(9)25)11-3-4-12(23)20-15(11)24/h1-2,11,19H,3-8H2,(H,20,23,24). The van der Waals surface area contributed by atoms with E-state index in [1.807, 2.05) is 0 Å². The lowest BCUT2D eigenvalue weighted by molar-refractivity contribution is -0.136. The number of piperidine rings is 1. The van der Waals surface area contributed by atoms with Crippen molar-refractivity contribution in [1.82, 2.24) is 15.5 Å². The van der Waals surface area contributed by atoms with Crippen LogP contribution in [0, 0.1) is 5.82 Å². The lowest BCUT2D eigenvalue weighted by atomic mass is 10.0. The van der Waals surface area contributed by atoms with Crippen LogP contribution in [0.3, 0.4) is 0 Å². The molecule has 0 radical (unpaired) electrons.